The summed E-state index contributed by atoms with van der Waals surface area (Å²) in [6.45, 7) is 3.81. The molecule has 2 aliphatic heterocycles. The zero-order valence-electron chi connectivity index (χ0n) is 19.9. The van der Waals surface area contributed by atoms with Gasteiger partial charge in [-0.05, 0) is 43.2 Å². The number of thioether (sulfide) groups is 2. The number of halogens is 1. The summed E-state index contributed by atoms with van der Waals surface area (Å²) in [5, 5.41) is 17.5. The minimum absolute atomic E-state index is 0.193. The molecule has 2 aromatic rings. The lowest BCUT2D eigenvalue weighted by Crippen LogP contribution is -2.18. The molecule has 1 amide bonds. The number of carbonyl (C=O) groups is 2. The maximum atomic E-state index is 12.6. The van der Waals surface area contributed by atoms with Crippen LogP contribution in [0.2, 0.25) is 5.02 Å². The van der Waals surface area contributed by atoms with E-state index in [0.717, 1.165) is 33.8 Å². The Labute approximate surface area is 222 Å². The minimum Gasteiger partial charge on any atom is -0.481 e. The summed E-state index contributed by atoms with van der Waals surface area (Å²) >= 11 is 9.55. The van der Waals surface area contributed by atoms with E-state index in [1.165, 1.54) is 4.68 Å². The van der Waals surface area contributed by atoms with E-state index in [1.54, 1.807) is 49.8 Å². The number of rotatable bonds is 5. The standard InChI is InChI=1S/C26H24ClN3O4S2/c1-14-19(35-20-12-21(36-22(14)20)26(10-11-26)24(31)32)9-8-16-13-28-30(3)23(16)29-25(33)34-15(2)17-6-4-5-7-18(17)27/h4-7,12-13,15,20,22H,10-11H2,1-3H3,(H,29,33)(H,31,32). The largest absolute Gasteiger partial charge is 0.481 e. The van der Waals surface area contributed by atoms with Crippen LogP contribution in [0.3, 0.4) is 0 Å². The van der Waals surface area contributed by atoms with Crippen molar-refractivity contribution >= 4 is 53.0 Å². The second-order valence-corrected chi connectivity index (χ2v) is 11.8. The second kappa shape index (κ2) is 9.58. The Morgan fingerprint density at radius 1 is 1.31 bits per heavy atom. The fourth-order valence-electron chi connectivity index (χ4n) is 4.32. The van der Waals surface area contributed by atoms with Gasteiger partial charge in [0, 0.05) is 28.1 Å². The molecule has 0 radical (unpaired) electrons. The monoisotopic (exact) mass is 541 g/mol. The SMILES string of the molecule is CC1=C(C#Cc2cnn(C)c2NC(=O)OC(C)c2ccccc2Cl)SC2C=C(C3(C(=O)O)CC3)SC12. The van der Waals surface area contributed by atoms with Gasteiger partial charge in [-0.1, -0.05) is 47.7 Å². The molecule has 0 spiro atoms. The summed E-state index contributed by atoms with van der Waals surface area (Å²) in [6, 6.07) is 7.22. The number of allylic oxidation sites excluding steroid dienone is 1. The minimum atomic E-state index is -0.718. The molecule has 3 aliphatic rings. The molecule has 3 heterocycles. The van der Waals surface area contributed by atoms with E-state index in [2.05, 4.69) is 35.3 Å². The van der Waals surface area contributed by atoms with Crippen LogP contribution < -0.4 is 5.32 Å². The van der Waals surface area contributed by atoms with Crippen molar-refractivity contribution in [1.82, 2.24) is 9.78 Å². The van der Waals surface area contributed by atoms with E-state index >= 15 is 0 Å². The first-order valence-corrected chi connectivity index (χ1v) is 13.6. The number of nitrogens with zero attached hydrogens (tertiary/aromatic N) is 2. The lowest BCUT2D eigenvalue weighted by molar-refractivity contribution is -0.141. The number of amides is 1. The summed E-state index contributed by atoms with van der Waals surface area (Å²) in [4.78, 5) is 26.3. The number of hydrogen-bond donors (Lipinski definition) is 2. The maximum absolute atomic E-state index is 12.6. The molecular weight excluding hydrogens is 518 g/mol. The number of fused-ring (bicyclic) bond motifs is 1. The highest BCUT2D eigenvalue weighted by atomic mass is 35.5. The number of carbonyl (C=O) groups excluding carboxylic acids is 1. The third-order valence-electron chi connectivity index (χ3n) is 6.63. The molecular formula is C26H24ClN3O4S2. The molecule has 1 fully saturated rings. The Hall–Kier alpha value is -2.80. The third-order valence-corrected chi connectivity index (χ3v) is 10.2. The predicted molar refractivity (Wildman–Crippen MR) is 143 cm³/mol. The zero-order chi connectivity index (χ0) is 25.6. The first-order chi connectivity index (χ1) is 17.2. The summed E-state index contributed by atoms with van der Waals surface area (Å²) < 4.78 is 7.05. The smallest absolute Gasteiger partial charge is 0.413 e. The molecule has 186 valence electrons. The van der Waals surface area contributed by atoms with Crippen LogP contribution in [0.5, 0.6) is 0 Å². The Bertz CT molecular complexity index is 1380. The molecule has 7 nitrogen and oxygen atoms in total. The Morgan fingerprint density at radius 3 is 2.72 bits per heavy atom. The van der Waals surface area contributed by atoms with Gasteiger partial charge in [0.25, 0.3) is 0 Å². The van der Waals surface area contributed by atoms with Crippen LogP contribution in [0.1, 0.15) is 43.9 Å². The van der Waals surface area contributed by atoms with Crippen LogP contribution >= 0.6 is 35.1 Å². The van der Waals surface area contributed by atoms with Crippen molar-refractivity contribution in [2.24, 2.45) is 12.5 Å². The van der Waals surface area contributed by atoms with Crippen molar-refractivity contribution in [2.75, 3.05) is 5.32 Å². The number of aliphatic carboxylic acids is 1. The predicted octanol–water partition coefficient (Wildman–Crippen LogP) is 5.99. The quantitative estimate of drug-likeness (QED) is 0.449. The molecule has 0 bridgehead atoms. The average molecular weight is 542 g/mol. The highest BCUT2D eigenvalue weighted by Gasteiger charge is 2.56. The number of aromatic nitrogens is 2. The molecule has 1 aliphatic carbocycles. The van der Waals surface area contributed by atoms with Crippen molar-refractivity contribution in [3.8, 4) is 11.8 Å². The molecule has 5 rings (SSSR count). The first kappa shape index (κ1) is 24.9. The lowest BCUT2D eigenvalue weighted by atomic mass is 10.1. The fraction of sp³-hybridized carbons (Fsp3) is 0.346. The summed E-state index contributed by atoms with van der Waals surface area (Å²) in [7, 11) is 1.72. The Balaban J connectivity index is 1.27. The molecule has 2 N–H and O–H groups in total. The summed E-state index contributed by atoms with van der Waals surface area (Å²) in [5.74, 6) is 6.10. The number of carboxylic acid groups (broad SMARTS) is 1. The van der Waals surface area contributed by atoms with Crippen molar-refractivity contribution in [3.63, 3.8) is 0 Å². The van der Waals surface area contributed by atoms with Gasteiger partial charge in [-0.3, -0.25) is 14.8 Å². The van der Waals surface area contributed by atoms with E-state index in [1.807, 2.05) is 18.2 Å². The van der Waals surface area contributed by atoms with Gasteiger partial charge in [0.1, 0.15) is 11.9 Å². The van der Waals surface area contributed by atoms with Gasteiger partial charge in [-0.2, -0.15) is 5.10 Å². The van der Waals surface area contributed by atoms with Gasteiger partial charge in [0.15, 0.2) is 0 Å². The van der Waals surface area contributed by atoms with Gasteiger partial charge < -0.3 is 9.84 Å². The molecule has 10 heteroatoms. The third kappa shape index (κ3) is 4.54. The number of hydrogen-bond acceptors (Lipinski definition) is 6. The number of benzene rings is 1. The van der Waals surface area contributed by atoms with Gasteiger partial charge in [-0.15, -0.1) is 23.5 Å². The molecule has 1 aromatic carbocycles. The van der Waals surface area contributed by atoms with Crippen molar-refractivity contribution < 1.29 is 19.4 Å². The maximum Gasteiger partial charge on any atom is 0.413 e. The van der Waals surface area contributed by atoms with Crippen LogP contribution in [0.15, 0.2) is 51.9 Å². The van der Waals surface area contributed by atoms with Crippen LogP contribution in [-0.4, -0.2) is 37.4 Å². The second-order valence-electron chi connectivity index (χ2n) is 9.03. The van der Waals surface area contributed by atoms with Gasteiger partial charge in [0.2, 0.25) is 0 Å². The van der Waals surface area contributed by atoms with Gasteiger partial charge >= 0.3 is 12.1 Å². The van der Waals surface area contributed by atoms with Crippen LogP contribution in [-0.2, 0) is 16.6 Å². The van der Waals surface area contributed by atoms with Crippen molar-refractivity contribution in [2.45, 2.75) is 43.3 Å². The number of nitrogens with one attached hydrogen (secondary N) is 1. The number of carboxylic acids is 1. The van der Waals surface area contributed by atoms with Crippen LogP contribution in [0.25, 0.3) is 0 Å². The lowest BCUT2D eigenvalue weighted by Gasteiger charge is -2.15. The fourth-order valence-corrected chi connectivity index (χ4v) is 7.85. The molecule has 1 saturated carbocycles. The molecule has 3 atom stereocenters. The highest BCUT2D eigenvalue weighted by molar-refractivity contribution is 8.09. The van der Waals surface area contributed by atoms with Crippen LogP contribution in [0, 0.1) is 17.3 Å². The molecule has 0 saturated heterocycles. The first-order valence-electron chi connectivity index (χ1n) is 11.5. The summed E-state index contributed by atoms with van der Waals surface area (Å²) in [5.41, 5.74) is 1.79. The molecule has 1 aromatic heterocycles. The van der Waals surface area contributed by atoms with E-state index in [4.69, 9.17) is 16.3 Å². The van der Waals surface area contributed by atoms with Crippen molar-refractivity contribution in [3.05, 3.63) is 68.1 Å². The van der Waals surface area contributed by atoms with Gasteiger partial charge in [0.05, 0.1) is 22.1 Å². The normalized spacial score (nSPS) is 22.3. The highest BCUT2D eigenvalue weighted by Crippen LogP contribution is 2.63. The number of anilines is 1. The average Bonchev–Trinajstić information content (AvgIpc) is 3.33. The number of aryl methyl sites for hydroxylation is 1. The van der Waals surface area contributed by atoms with E-state index in [0.29, 0.717) is 16.4 Å². The van der Waals surface area contributed by atoms with Crippen molar-refractivity contribution in [1.29, 1.82) is 0 Å². The topological polar surface area (TPSA) is 93.5 Å². The zero-order valence-corrected chi connectivity index (χ0v) is 22.3. The molecule has 36 heavy (non-hydrogen) atoms. The Kier molecular flexibility index (Phi) is 6.62. The Morgan fingerprint density at radius 2 is 2.06 bits per heavy atom. The molecule has 3 unspecified atom stereocenters. The van der Waals surface area contributed by atoms with E-state index < -0.39 is 23.6 Å². The van der Waals surface area contributed by atoms with Crippen LogP contribution in [0.4, 0.5) is 10.6 Å². The van der Waals surface area contributed by atoms with E-state index in [9.17, 15) is 14.7 Å². The van der Waals surface area contributed by atoms with E-state index in [-0.39, 0.29) is 10.5 Å². The number of ether oxygens (including phenoxy) is 1. The summed E-state index contributed by atoms with van der Waals surface area (Å²) in [6.07, 6.45) is 4.00. The van der Waals surface area contributed by atoms with Gasteiger partial charge in [-0.25, -0.2) is 4.79 Å².